The molecule has 27 N–H and O–H groups in total. The number of aromatic amines is 3. The quantitative estimate of drug-likeness (QED) is 0.00747. The molecule has 0 bridgehead atoms. The third-order valence-corrected chi connectivity index (χ3v) is 22.1. The van der Waals surface area contributed by atoms with Gasteiger partial charge >= 0.3 is 0 Å². The van der Waals surface area contributed by atoms with Crippen LogP contribution in [0.1, 0.15) is 168 Å². The highest BCUT2D eigenvalue weighted by molar-refractivity contribution is 6.13. The lowest BCUT2D eigenvalue weighted by molar-refractivity contribution is -0.383. The van der Waals surface area contributed by atoms with E-state index >= 15 is 0 Å². The molecule has 5 amide bonds. The summed E-state index contributed by atoms with van der Waals surface area (Å²) in [5.41, 5.74) is 66.4. The summed E-state index contributed by atoms with van der Waals surface area (Å²) in [6.07, 6.45) is 12.7. The average molecular weight is 1930 g/mol. The molecule has 37 nitrogen and oxygen atoms in total. The number of H-pyrrole nitrogens is 3. The Hall–Kier alpha value is -18.6. The largest absolute Gasteiger partial charge is 0.497 e. The lowest BCUT2D eigenvalue weighted by Crippen LogP contribution is -2.22. The van der Waals surface area contributed by atoms with Crippen molar-refractivity contribution in [3.8, 4) is 17.2 Å². The fourth-order valence-electron chi connectivity index (χ4n) is 14.7. The summed E-state index contributed by atoms with van der Waals surface area (Å²) in [7, 11) is 4.87. The van der Waals surface area contributed by atoms with E-state index in [0.29, 0.717) is 80.7 Å². The Labute approximate surface area is 826 Å². The van der Waals surface area contributed by atoms with Crippen LogP contribution in [0.4, 0.5) is 39.8 Å². The van der Waals surface area contributed by atoms with Crippen LogP contribution in [0.15, 0.2) is 290 Å². The summed E-state index contributed by atoms with van der Waals surface area (Å²) in [6, 6.07) is 69.0. The number of para-hydroxylation sites is 1. The predicted octanol–water partition coefficient (Wildman–Crippen LogP) is 16.7. The van der Waals surface area contributed by atoms with E-state index in [-0.39, 0.29) is 58.7 Å². The number of carbonyl (C=O) groups excluding carboxylic acids is 5. The molecule has 0 saturated carbocycles. The summed E-state index contributed by atoms with van der Waals surface area (Å²) >= 11 is 0. The molecule has 2 aliphatic heterocycles. The smallest absolute Gasteiger partial charge is 0.293 e. The second-order valence-corrected chi connectivity index (χ2v) is 33.0. The van der Waals surface area contributed by atoms with E-state index in [0.717, 1.165) is 194 Å². The molecule has 0 fully saturated rings. The first-order valence-electron chi connectivity index (χ1n) is 45.6. The highest BCUT2D eigenvalue weighted by atomic mass is 16.6. The lowest BCUT2D eigenvalue weighted by Gasteiger charge is -2.08. The predicted molar refractivity (Wildman–Crippen MR) is 575 cm³/mol. The van der Waals surface area contributed by atoms with Crippen molar-refractivity contribution in [3.05, 3.63) is 331 Å². The molecule has 0 atom stereocenters. The zero-order chi connectivity index (χ0) is 103. The van der Waals surface area contributed by atoms with Gasteiger partial charge in [0.25, 0.3) is 35.2 Å². The van der Waals surface area contributed by atoms with Crippen LogP contribution >= 0.6 is 0 Å². The maximum absolute atomic E-state index is 12.7. The number of hydrogen-bond donors (Lipinski definition) is 19. The van der Waals surface area contributed by atoms with E-state index in [2.05, 4.69) is 103 Å². The standard InChI is InChI=1S/2C22H25N5O2.C19H20N6O.C18H17N3O2.C17H14N4O3.2C4H8N2/c2*1-3-4-20(26-27-22(23)24)14-5-8-18(9-6-14)25-21(28)17-11-15-7-10-19(29-2)13-16(15)12-17;1-11(24-25-12(2)20)13-3-6-16(7-4-13)22-19(26)18-10-14-9-15(21)5-8-17(14)23-18;1-11(19)12-3-5-14(6-4-12)20-18(22)17-10-13-9-15(23-2)7-8-16(13)21-17;1-10(18)11-5-7-13(8-6-11)19-17(22)14-9-12-3-2-4-15(21(23)24)16(12)20-14;2*5-4-2-1-3-6-4/h2*5-10,12-13H,3-4,11H2,1-2H3,(H,25,28)(H4,23,24,27);3-10,23,25H,2,20-21H2,1H3,(H,22,26);3-10,19,21H,1-2H3,(H,20,22);2-9,18,20H,1H3,(H,19,22);2*1-3H2,(H2,5,6)/b2*26-20-;24-11+;;;;. The number of amides is 5. The summed E-state index contributed by atoms with van der Waals surface area (Å²) in [5, 5.41) is 62.8. The summed E-state index contributed by atoms with van der Waals surface area (Å²) in [5.74, 6) is 3.03. The maximum Gasteiger partial charge on any atom is 0.293 e. The van der Waals surface area contributed by atoms with E-state index in [9.17, 15) is 34.1 Å². The van der Waals surface area contributed by atoms with Gasteiger partial charge in [-0.2, -0.15) is 15.3 Å². The topological polar surface area (TPSA) is 618 Å². The van der Waals surface area contributed by atoms with Crippen molar-refractivity contribution in [2.45, 2.75) is 98.8 Å². The van der Waals surface area contributed by atoms with Gasteiger partial charge in [-0.1, -0.05) is 118 Å². The van der Waals surface area contributed by atoms with Crippen LogP contribution in [0.25, 0.3) is 44.9 Å². The number of fused-ring (bicyclic) bond motifs is 5. The van der Waals surface area contributed by atoms with E-state index in [4.69, 9.17) is 70.9 Å². The highest BCUT2D eigenvalue weighted by Gasteiger charge is 2.24. The molecular weight excluding hydrogens is 1810 g/mol. The minimum Gasteiger partial charge on any atom is -0.497 e. The van der Waals surface area contributed by atoms with Crippen LogP contribution in [0.5, 0.6) is 17.2 Å². The molecule has 0 radical (unpaired) electrons. The number of nitro benzene ring substituents is 1. The Balaban J connectivity index is 0.000000165. The van der Waals surface area contributed by atoms with Crippen molar-refractivity contribution < 1.29 is 43.1 Å². The Kier molecular flexibility index (Phi) is 37.4. The molecular formula is C106H117N27O10. The van der Waals surface area contributed by atoms with Gasteiger partial charge in [0.2, 0.25) is 11.9 Å². The average Bonchev–Trinajstić information content (AvgIpc) is 1.67. The number of nitrogens with one attached hydrogen (secondary N) is 11. The number of anilines is 6. The number of nitrogens with two attached hydrogens (primary N) is 8. The second-order valence-electron chi connectivity index (χ2n) is 33.0. The number of ether oxygens (including phenoxy) is 3. The van der Waals surface area contributed by atoms with E-state index < -0.39 is 4.92 Å². The van der Waals surface area contributed by atoms with Crippen LogP contribution in [-0.2, 0) is 22.4 Å². The van der Waals surface area contributed by atoms with Crippen LogP contribution in [0.3, 0.4) is 0 Å². The first kappa shape index (κ1) is 105. The number of benzene rings is 10. The summed E-state index contributed by atoms with van der Waals surface area (Å²) in [6.45, 7) is 14.8. The SMILES string of the molecule is C=C(N)N/N=C(\C)c1ccc(NC(=O)c2cc3cc(N)ccc3[nH]2)cc1.CC(=N)c1ccc(NC(=O)c2cc3cccc([N+](=O)[O-])c3[nH]2)cc1.CCC/C(=N/N=C(N)N)c1ccc(NC(=O)C2=Cc3cc(OC)ccc3C2)cc1.CCC/C(=N/N=C(N)N)c1ccc(NC(=O)C2=Cc3cc(OC)ccc3C2)cc1.COc1ccc2[nH]c(C(=O)Nc3ccc(C(C)=N)cc3)cc2c1.NC1=NCCC1.NC1=NCCC1. The van der Waals surface area contributed by atoms with Crippen molar-refractivity contribution in [3.63, 3.8) is 0 Å². The Morgan fingerprint density at radius 2 is 0.818 bits per heavy atom. The van der Waals surface area contributed by atoms with Gasteiger partial charge in [0.15, 0.2) is 0 Å². The van der Waals surface area contributed by atoms with Crippen LogP contribution in [0, 0.1) is 20.9 Å². The number of non-ortho nitro benzene ring substituents is 1. The number of hydrazone groups is 1. The monoisotopic (exact) mass is 1930 g/mol. The van der Waals surface area contributed by atoms with Crippen molar-refractivity contribution in [1.29, 1.82) is 10.8 Å². The number of aromatic nitrogens is 3. The Morgan fingerprint density at radius 1 is 0.448 bits per heavy atom. The highest BCUT2D eigenvalue weighted by Crippen LogP contribution is 2.33. The molecule has 736 valence electrons. The molecule has 2 aliphatic carbocycles. The van der Waals surface area contributed by atoms with Crippen molar-refractivity contribution in [2.75, 3.05) is 66.7 Å². The van der Waals surface area contributed by atoms with E-state index in [1.54, 1.807) is 108 Å². The maximum atomic E-state index is 12.7. The normalized spacial score (nSPS) is 12.5. The number of carbonyl (C=O) groups is 5. The number of rotatable bonds is 27. The molecule has 17 rings (SSSR count). The first-order valence-corrected chi connectivity index (χ1v) is 45.6. The van der Waals surface area contributed by atoms with Gasteiger partial charge < -0.3 is 112 Å². The fraction of sp³-hybridized carbons (Fsp3) is 0.189. The van der Waals surface area contributed by atoms with Crippen LogP contribution in [0.2, 0.25) is 0 Å². The van der Waals surface area contributed by atoms with Gasteiger partial charge in [-0.05, 0) is 248 Å². The molecule has 10 aromatic carbocycles. The van der Waals surface area contributed by atoms with Crippen molar-refractivity contribution >= 4 is 166 Å². The Bertz CT molecular complexity index is 6930. The fourth-order valence-corrected chi connectivity index (χ4v) is 14.7. The minimum absolute atomic E-state index is 0.0719. The number of hydrogen-bond acceptors (Lipinski definition) is 24. The summed E-state index contributed by atoms with van der Waals surface area (Å²) < 4.78 is 15.7. The van der Waals surface area contributed by atoms with Gasteiger partial charge in [-0.25, -0.2) is 0 Å². The first-order chi connectivity index (χ1) is 68.7. The number of nitrogens with zero attached hydrogens (tertiary/aromatic N) is 8. The molecule has 4 aliphatic rings. The third kappa shape index (κ3) is 31.0. The second kappa shape index (κ2) is 51.0. The zero-order valence-corrected chi connectivity index (χ0v) is 80.6. The number of nitro groups is 1. The minimum atomic E-state index is -0.487. The molecule has 0 saturated heterocycles. The van der Waals surface area contributed by atoms with Gasteiger partial charge in [0.05, 0.1) is 55.1 Å². The van der Waals surface area contributed by atoms with E-state index in [1.807, 2.05) is 171 Å². The lowest BCUT2D eigenvalue weighted by atomic mass is 10.1. The molecule has 0 unspecified atom stereocenters. The van der Waals surface area contributed by atoms with Gasteiger partial charge in [-0.3, -0.25) is 49.5 Å². The van der Waals surface area contributed by atoms with Crippen LogP contribution < -0.4 is 92.1 Å². The van der Waals surface area contributed by atoms with Gasteiger partial charge in [0, 0.05) is 129 Å². The zero-order valence-electron chi connectivity index (χ0n) is 80.6. The van der Waals surface area contributed by atoms with Crippen LogP contribution in [-0.4, -0.2) is 136 Å². The molecule has 143 heavy (non-hydrogen) atoms. The molecule has 3 aromatic heterocycles. The van der Waals surface area contributed by atoms with Crippen molar-refractivity contribution in [2.24, 2.45) is 75.6 Å². The van der Waals surface area contributed by atoms with Gasteiger partial charge in [0.1, 0.15) is 45.7 Å². The van der Waals surface area contributed by atoms with Gasteiger partial charge in [-0.15, -0.1) is 10.2 Å². The Morgan fingerprint density at radius 3 is 1.18 bits per heavy atom. The van der Waals surface area contributed by atoms with E-state index in [1.165, 1.54) is 6.07 Å². The number of guanidine groups is 2. The molecule has 13 aromatic rings. The number of aliphatic imine (C=N–C) groups is 2. The molecule has 5 heterocycles. The third-order valence-electron chi connectivity index (χ3n) is 22.1. The summed E-state index contributed by atoms with van der Waals surface area (Å²) in [4.78, 5) is 89.8. The molecule has 0 spiro atoms. The number of amidine groups is 2. The molecule has 37 heteroatoms. The number of methoxy groups -OCH3 is 3. The van der Waals surface area contributed by atoms with Crippen molar-refractivity contribution in [1.82, 2.24) is 20.4 Å². The number of nitrogen functional groups attached to an aromatic ring is 1.